The van der Waals surface area contributed by atoms with Crippen molar-refractivity contribution in [3.05, 3.63) is 71.0 Å². The van der Waals surface area contributed by atoms with Crippen molar-refractivity contribution in [2.24, 2.45) is 7.05 Å². The van der Waals surface area contributed by atoms with Crippen molar-refractivity contribution in [3.63, 3.8) is 0 Å². The Kier molecular flexibility index (Phi) is 5.24. The number of pyridine rings is 1. The molecule has 0 saturated heterocycles. The zero-order chi connectivity index (χ0) is 22.2. The molecule has 3 heterocycles. The number of aryl methyl sites for hydroxylation is 1. The molecule has 0 saturated carbocycles. The van der Waals surface area contributed by atoms with E-state index in [1.165, 1.54) is 11.3 Å². The highest BCUT2D eigenvalue weighted by molar-refractivity contribution is 7.21. The highest BCUT2D eigenvalue weighted by atomic mass is 35.5. The lowest BCUT2D eigenvalue weighted by Crippen LogP contribution is -2.22. The summed E-state index contributed by atoms with van der Waals surface area (Å²) in [6, 6.07) is 14.9. The molecule has 0 spiro atoms. The molecule has 0 unspecified atom stereocenters. The van der Waals surface area contributed by atoms with Crippen molar-refractivity contribution in [1.82, 2.24) is 24.8 Å². The number of anilines is 1. The van der Waals surface area contributed by atoms with Crippen LogP contribution in [0.25, 0.3) is 32.0 Å². The van der Waals surface area contributed by atoms with E-state index in [1.807, 2.05) is 61.1 Å². The minimum absolute atomic E-state index is 0.155. The average Bonchev–Trinajstić information content (AvgIpc) is 3.40. The maximum atomic E-state index is 12.7. The molecular weight excluding hydrogens is 444 g/mol. The Morgan fingerprint density at radius 3 is 2.78 bits per heavy atom. The molecule has 5 aromatic rings. The van der Waals surface area contributed by atoms with Crippen LogP contribution in [0.2, 0.25) is 5.02 Å². The Morgan fingerprint density at radius 1 is 1.12 bits per heavy atom. The molecule has 32 heavy (non-hydrogen) atoms. The number of carbonyl (C=O) groups excluding carboxylic acids is 1. The first-order valence-corrected chi connectivity index (χ1v) is 11.2. The topological polar surface area (TPSA) is 84.7 Å². The second-order valence-corrected chi connectivity index (χ2v) is 8.74. The second-order valence-electron chi connectivity index (χ2n) is 7.33. The molecule has 0 atom stereocenters. The average molecular weight is 463 g/mol. The third kappa shape index (κ3) is 3.68. The lowest BCUT2D eigenvalue weighted by atomic mass is 10.1. The van der Waals surface area contributed by atoms with Gasteiger partial charge in [0.2, 0.25) is 0 Å². The van der Waals surface area contributed by atoms with Gasteiger partial charge in [0.15, 0.2) is 5.82 Å². The number of nitrogens with zero attached hydrogens (tertiary/aromatic N) is 4. The maximum absolute atomic E-state index is 12.7. The van der Waals surface area contributed by atoms with Crippen LogP contribution in [0.4, 0.5) is 5.82 Å². The summed E-state index contributed by atoms with van der Waals surface area (Å²) in [6.45, 7) is 0.403. The van der Waals surface area contributed by atoms with Crippen LogP contribution in [0, 0.1) is 0 Å². The molecule has 3 aromatic heterocycles. The summed E-state index contributed by atoms with van der Waals surface area (Å²) in [6.07, 6.45) is 1.76. The van der Waals surface area contributed by atoms with Crippen LogP contribution in [0.15, 0.2) is 54.9 Å². The number of amides is 1. The van der Waals surface area contributed by atoms with Crippen LogP contribution in [0.3, 0.4) is 0 Å². The zero-order valence-corrected chi connectivity index (χ0v) is 19.0. The van der Waals surface area contributed by atoms with Gasteiger partial charge < -0.3 is 15.2 Å². The minimum atomic E-state index is -0.155. The third-order valence-electron chi connectivity index (χ3n) is 5.16. The maximum Gasteiger partial charge on any atom is 0.251 e. The van der Waals surface area contributed by atoms with Crippen molar-refractivity contribution in [3.8, 4) is 10.6 Å². The van der Waals surface area contributed by atoms with Gasteiger partial charge in [-0.3, -0.25) is 4.79 Å². The number of benzene rings is 2. The monoisotopic (exact) mass is 462 g/mol. The van der Waals surface area contributed by atoms with Crippen LogP contribution in [0.5, 0.6) is 0 Å². The van der Waals surface area contributed by atoms with Crippen LogP contribution in [-0.4, -0.2) is 32.5 Å². The predicted molar refractivity (Wildman–Crippen MR) is 129 cm³/mol. The van der Waals surface area contributed by atoms with E-state index in [2.05, 4.69) is 20.6 Å². The molecule has 2 aromatic carbocycles. The fourth-order valence-corrected chi connectivity index (χ4v) is 4.76. The lowest BCUT2D eigenvalue weighted by molar-refractivity contribution is 0.0951. The lowest BCUT2D eigenvalue weighted by Gasteiger charge is -2.07. The summed E-state index contributed by atoms with van der Waals surface area (Å²) in [5.74, 6) is 0.565. The van der Waals surface area contributed by atoms with Crippen molar-refractivity contribution in [2.75, 3.05) is 12.4 Å². The Morgan fingerprint density at radius 2 is 1.97 bits per heavy atom. The number of thiazole rings is 1. The van der Waals surface area contributed by atoms with Gasteiger partial charge >= 0.3 is 0 Å². The normalized spacial score (nSPS) is 11.2. The van der Waals surface area contributed by atoms with Gasteiger partial charge in [-0.1, -0.05) is 47.2 Å². The smallest absolute Gasteiger partial charge is 0.251 e. The van der Waals surface area contributed by atoms with Crippen LogP contribution >= 0.6 is 22.9 Å². The summed E-state index contributed by atoms with van der Waals surface area (Å²) in [5.41, 5.74) is 4.89. The Balaban J connectivity index is 1.47. The van der Waals surface area contributed by atoms with Crippen LogP contribution in [0.1, 0.15) is 15.9 Å². The van der Waals surface area contributed by atoms with E-state index in [1.54, 1.807) is 12.4 Å². The van der Waals surface area contributed by atoms with Gasteiger partial charge in [0, 0.05) is 36.8 Å². The first-order chi connectivity index (χ1) is 15.5. The van der Waals surface area contributed by atoms with Gasteiger partial charge in [-0.25, -0.2) is 15.0 Å². The molecule has 0 aliphatic rings. The number of aromatic nitrogens is 4. The van der Waals surface area contributed by atoms with E-state index in [0.717, 1.165) is 43.3 Å². The SMILES string of the molecule is CNc1nc2sc(-c3cccc(C(=O)NCc4cccc(Cl)c4)c3)nc2c2c1ncn2C. The van der Waals surface area contributed by atoms with Gasteiger partial charge in [-0.05, 0) is 29.8 Å². The van der Waals surface area contributed by atoms with E-state index in [-0.39, 0.29) is 5.91 Å². The zero-order valence-electron chi connectivity index (χ0n) is 17.4. The molecular formula is C23H19ClN6OS. The number of hydrogen-bond acceptors (Lipinski definition) is 6. The first-order valence-electron chi connectivity index (χ1n) is 9.96. The van der Waals surface area contributed by atoms with Gasteiger partial charge in [-0.2, -0.15) is 0 Å². The van der Waals surface area contributed by atoms with E-state index < -0.39 is 0 Å². The van der Waals surface area contributed by atoms with Crippen molar-refractivity contribution in [1.29, 1.82) is 0 Å². The van der Waals surface area contributed by atoms with Gasteiger partial charge in [0.25, 0.3) is 5.91 Å². The van der Waals surface area contributed by atoms with Crippen molar-refractivity contribution < 1.29 is 4.79 Å². The molecule has 2 N–H and O–H groups in total. The van der Waals surface area contributed by atoms with Crippen molar-refractivity contribution >= 4 is 56.0 Å². The summed E-state index contributed by atoms with van der Waals surface area (Å²) in [5, 5.41) is 7.50. The highest BCUT2D eigenvalue weighted by Gasteiger charge is 2.17. The van der Waals surface area contributed by atoms with Crippen LogP contribution < -0.4 is 10.6 Å². The van der Waals surface area contributed by atoms with E-state index >= 15 is 0 Å². The van der Waals surface area contributed by atoms with E-state index in [4.69, 9.17) is 16.6 Å². The van der Waals surface area contributed by atoms with Crippen molar-refractivity contribution in [2.45, 2.75) is 6.54 Å². The fourth-order valence-electron chi connectivity index (χ4n) is 3.60. The summed E-state index contributed by atoms with van der Waals surface area (Å²) in [4.78, 5) is 27.5. The molecule has 0 radical (unpaired) electrons. The summed E-state index contributed by atoms with van der Waals surface area (Å²) >= 11 is 7.51. The molecule has 0 aliphatic heterocycles. The Labute approximate surface area is 193 Å². The standard InChI is InChI=1S/C23H19ClN6OS/c1-25-20-17-19(30(2)12-27-17)18-23(29-20)32-22(28-18)15-7-4-6-14(10-15)21(31)26-11-13-5-3-8-16(24)9-13/h3-10,12H,11H2,1-2H3,(H,25,29)(H,26,31). The molecule has 160 valence electrons. The minimum Gasteiger partial charge on any atom is -0.371 e. The quantitative estimate of drug-likeness (QED) is 0.389. The number of imidazole rings is 1. The first kappa shape index (κ1) is 20.4. The molecule has 1 amide bonds. The highest BCUT2D eigenvalue weighted by Crippen LogP contribution is 2.35. The summed E-state index contributed by atoms with van der Waals surface area (Å²) < 4.78 is 1.95. The van der Waals surface area contributed by atoms with Crippen LogP contribution in [-0.2, 0) is 13.6 Å². The Hall–Kier alpha value is -3.49. The number of nitrogens with one attached hydrogen (secondary N) is 2. The number of rotatable bonds is 5. The molecule has 0 aliphatic carbocycles. The van der Waals surface area contributed by atoms with Gasteiger partial charge in [-0.15, -0.1) is 0 Å². The van der Waals surface area contributed by atoms with E-state index in [9.17, 15) is 4.79 Å². The number of fused-ring (bicyclic) bond motifs is 3. The largest absolute Gasteiger partial charge is 0.371 e. The molecule has 7 nitrogen and oxygen atoms in total. The number of hydrogen-bond donors (Lipinski definition) is 2. The van der Waals surface area contributed by atoms with E-state index in [0.29, 0.717) is 17.1 Å². The molecule has 0 fully saturated rings. The second kappa shape index (κ2) is 8.22. The fraction of sp³-hybridized carbons (Fsp3) is 0.130. The predicted octanol–water partition coefficient (Wildman–Crippen LogP) is 4.87. The number of carbonyl (C=O) groups is 1. The molecule has 0 bridgehead atoms. The van der Waals surface area contributed by atoms with Gasteiger partial charge in [0.1, 0.15) is 26.4 Å². The molecule has 5 rings (SSSR count). The third-order valence-corrected chi connectivity index (χ3v) is 6.39. The Bertz CT molecular complexity index is 1470. The van der Waals surface area contributed by atoms with Gasteiger partial charge in [0.05, 0.1) is 6.33 Å². The molecule has 9 heteroatoms. The summed E-state index contributed by atoms with van der Waals surface area (Å²) in [7, 11) is 3.77. The number of halogens is 1.